The van der Waals surface area contributed by atoms with Crippen LogP contribution in [0.5, 0.6) is 0 Å². The van der Waals surface area contributed by atoms with Gasteiger partial charge in [0.15, 0.2) is 10.9 Å². The van der Waals surface area contributed by atoms with Crippen molar-refractivity contribution in [1.29, 1.82) is 0 Å². The van der Waals surface area contributed by atoms with E-state index in [0.29, 0.717) is 28.2 Å². The van der Waals surface area contributed by atoms with E-state index in [-0.39, 0.29) is 42.9 Å². The maximum atomic E-state index is 12.9. The summed E-state index contributed by atoms with van der Waals surface area (Å²) < 4.78 is 12.9. The average Bonchev–Trinajstić information content (AvgIpc) is 3.33. The molecule has 0 radical (unpaired) electrons. The second kappa shape index (κ2) is 9.19. The summed E-state index contributed by atoms with van der Waals surface area (Å²) in [6.45, 7) is 0.216. The van der Waals surface area contributed by atoms with Crippen LogP contribution in [0.2, 0.25) is 0 Å². The standard InChI is InChI=1S/C23H18FN3O4S/c24-15-7-5-14(6-8-15)19(28)9-10-20(29)26-23-25-13-16(32-23)11-12-27-21(30)17-3-1-2-4-18(17)22(27)31/h1-8,13H,9-12H2,(H,25,26,29). The van der Waals surface area contributed by atoms with E-state index in [9.17, 15) is 23.6 Å². The lowest BCUT2D eigenvalue weighted by Gasteiger charge is -2.12. The molecular weight excluding hydrogens is 433 g/mol. The summed E-state index contributed by atoms with van der Waals surface area (Å²) in [6, 6.07) is 11.9. The van der Waals surface area contributed by atoms with Crippen LogP contribution in [0.25, 0.3) is 0 Å². The van der Waals surface area contributed by atoms with Crippen LogP contribution in [0.15, 0.2) is 54.7 Å². The van der Waals surface area contributed by atoms with Gasteiger partial charge in [-0.25, -0.2) is 9.37 Å². The minimum Gasteiger partial charge on any atom is -0.302 e. The van der Waals surface area contributed by atoms with Crippen LogP contribution in [0.3, 0.4) is 0 Å². The summed E-state index contributed by atoms with van der Waals surface area (Å²) in [5, 5.41) is 3.02. The number of rotatable bonds is 8. The van der Waals surface area contributed by atoms with Gasteiger partial charge < -0.3 is 5.32 Å². The first-order valence-corrected chi connectivity index (χ1v) is 10.7. The van der Waals surface area contributed by atoms with E-state index in [1.807, 2.05) is 0 Å². The Kier molecular flexibility index (Phi) is 6.18. The first-order chi connectivity index (χ1) is 15.4. The van der Waals surface area contributed by atoms with Gasteiger partial charge in [0.05, 0.1) is 11.1 Å². The van der Waals surface area contributed by atoms with Crippen molar-refractivity contribution in [2.75, 3.05) is 11.9 Å². The highest BCUT2D eigenvalue weighted by Gasteiger charge is 2.34. The lowest BCUT2D eigenvalue weighted by Crippen LogP contribution is -2.31. The first kappa shape index (κ1) is 21.5. The van der Waals surface area contributed by atoms with Crippen molar-refractivity contribution in [2.45, 2.75) is 19.3 Å². The number of amides is 3. The second-order valence-electron chi connectivity index (χ2n) is 7.17. The molecule has 32 heavy (non-hydrogen) atoms. The quantitative estimate of drug-likeness (QED) is 0.416. The molecule has 1 aliphatic heterocycles. The number of nitrogens with one attached hydrogen (secondary N) is 1. The number of ketones is 1. The van der Waals surface area contributed by atoms with Crippen LogP contribution < -0.4 is 5.32 Å². The van der Waals surface area contributed by atoms with Crippen molar-refractivity contribution in [3.8, 4) is 0 Å². The summed E-state index contributed by atoms with van der Waals surface area (Å²) in [4.78, 5) is 55.2. The summed E-state index contributed by atoms with van der Waals surface area (Å²) in [5.41, 5.74) is 1.17. The molecule has 162 valence electrons. The van der Waals surface area contributed by atoms with Crippen molar-refractivity contribution in [3.05, 3.63) is 82.1 Å². The van der Waals surface area contributed by atoms with Gasteiger partial charge in [-0.15, -0.1) is 11.3 Å². The fraction of sp³-hybridized carbons (Fsp3) is 0.174. The van der Waals surface area contributed by atoms with Gasteiger partial charge in [-0.1, -0.05) is 12.1 Å². The van der Waals surface area contributed by atoms with Crippen LogP contribution in [0, 0.1) is 5.82 Å². The van der Waals surface area contributed by atoms with E-state index in [2.05, 4.69) is 10.3 Å². The Morgan fingerprint density at radius 2 is 1.62 bits per heavy atom. The van der Waals surface area contributed by atoms with E-state index in [4.69, 9.17) is 0 Å². The Bertz CT molecular complexity index is 1170. The molecule has 0 atom stereocenters. The van der Waals surface area contributed by atoms with Crippen LogP contribution in [0.4, 0.5) is 9.52 Å². The fourth-order valence-corrected chi connectivity index (χ4v) is 4.15. The number of carbonyl (C=O) groups excluding carboxylic acids is 4. The maximum Gasteiger partial charge on any atom is 0.261 e. The largest absolute Gasteiger partial charge is 0.302 e. The minimum absolute atomic E-state index is 0.00452. The number of hydrogen-bond donors (Lipinski definition) is 1. The summed E-state index contributed by atoms with van der Waals surface area (Å²) in [5.74, 6) is -1.66. The Morgan fingerprint density at radius 1 is 0.969 bits per heavy atom. The molecule has 7 nitrogen and oxygen atoms in total. The van der Waals surface area contributed by atoms with Gasteiger partial charge in [0.1, 0.15) is 5.82 Å². The molecule has 0 unspecified atom stereocenters. The number of halogens is 1. The van der Waals surface area contributed by atoms with E-state index in [0.717, 1.165) is 4.88 Å². The number of nitrogens with zero attached hydrogens (tertiary/aromatic N) is 2. The highest BCUT2D eigenvalue weighted by atomic mass is 32.1. The highest BCUT2D eigenvalue weighted by molar-refractivity contribution is 7.15. The van der Waals surface area contributed by atoms with Crippen LogP contribution >= 0.6 is 11.3 Å². The number of Topliss-reactive ketones (excluding diaryl/α,β-unsaturated/α-hetero) is 1. The molecule has 0 saturated heterocycles. The van der Waals surface area contributed by atoms with Crippen molar-refractivity contribution in [3.63, 3.8) is 0 Å². The number of thiazole rings is 1. The first-order valence-electron chi connectivity index (χ1n) is 9.91. The minimum atomic E-state index is -0.429. The number of fused-ring (bicyclic) bond motifs is 1. The van der Waals surface area contributed by atoms with E-state index in [1.165, 1.54) is 40.5 Å². The molecule has 0 fully saturated rings. The lowest BCUT2D eigenvalue weighted by atomic mass is 10.1. The van der Waals surface area contributed by atoms with Gasteiger partial charge in [0.25, 0.3) is 11.8 Å². The molecular formula is C23H18FN3O4S. The molecule has 1 aromatic heterocycles. The topological polar surface area (TPSA) is 96.4 Å². The predicted molar refractivity (Wildman–Crippen MR) is 116 cm³/mol. The summed E-state index contributed by atoms with van der Waals surface area (Å²) in [6.07, 6.45) is 1.97. The number of imide groups is 1. The summed E-state index contributed by atoms with van der Waals surface area (Å²) >= 11 is 1.24. The molecule has 0 saturated carbocycles. The van der Waals surface area contributed by atoms with Crippen molar-refractivity contribution in [2.24, 2.45) is 0 Å². The zero-order valence-electron chi connectivity index (χ0n) is 16.8. The van der Waals surface area contributed by atoms with E-state index in [1.54, 1.807) is 30.5 Å². The molecule has 0 aliphatic carbocycles. The Morgan fingerprint density at radius 3 is 2.28 bits per heavy atom. The van der Waals surface area contributed by atoms with E-state index < -0.39 is 5.82 Å². The normalized spacial score (nSPS) is 12.7. The van der Waals surface area contributed by atoms with Crippen molar-refractivity contribution in [1.82, 2.24) is 9.88 Å². The van der Waals surface area contributed by atoms with Crippen LogP contribution in [-0.4, -0.2) is 39.9 Å². The molecule has 0 bridgehead atoms. The van der Waals surface area contributed by atoms with Crippen LogP contribution in [-0.2, 0) is 11.2 Å². The Hall–Kier alpha value is -3.72. The number of carbonyl (C=O) groups is 4. The highest BCUT2D eigenvalue weighted by Crippen LogP contribution is 2.24. The third kappa shape index (κ3) is 4.62. The zero-order chi connectivity index (χ0) is 22.7. The molecule has 2 heterocycles. The smallest absolute Gasteiger partial charge is 0.261 e. The average molecular weight is 451 g/mol. The Balaban J connectivity index is 1.26. The molecule has 3 amide bonds. The van der Waals surface area contributed by atoms with E-state index >= 15 is 0 Å². The van der Waals surface area contributed by atoms with Gasteiger partial charge in [-0.2, -0.15) is 0 Å². The number of aromatic nitrogens is 1. The van der Waals surface area contributed by atoms with Crippen molar-refractivity contribution >= 4 is 40.0 Å². The molecule has 4 rings (SSSR count). The number of benzene rings is 2. The molecule has 3 aromatic rings. The molecule has 9 heteroatoms. The maximum absolute atomic E-state index is 12.9. The van der Waals surface area contributed by atoms with Crippen LogP contribution in [0.1, 0.15) is 48.8 Å². The van der Waals surface area contributed by atoms with Gasteiger partial charge in [0, 0.05) is 42.4 Å². The van der Waals surface area contributed by atoms with Gasteiger partial charge in [-0.3, -0.25) is 24.1 Å². The predicted octanol–water partition coefficient (Wildman–Crippen LogP) is 3.72. The van der Waals surface area contributed by atoms with Gasteiger partial charge in [-0.05, 0) is 36.4 Å². The molecule has 2 aromatic carbocycles. The van der Waals surface area contributed by atoms with Gasteiger partial charge in [0.2, 0.25) is 5.91 Å². The monoisotopic (exact) mass is 451 g/mol. The number of anilines is 1. The zero-order valence-corrected chi connectivity index (χ0v) is 17.7. The summed E-state index contributed by atoms with van der Waals surface area (Å²) in [7, 11) is 0. The fourth-order valence-electron chi connectivity index (χ4n) is 3.33. The molecule has 1 aliphatic rings. The number of hydrogen-bond acceptors (Lipinski definition) is 6. The second-order valence-corrected chi connectivity index (χ2v) is 8.28. The Labute approximate surface area is 186 Å². The SMILES string of the molecule is O=C(CCC(=O)c1ccc(F)cc1)Nc1ncc(CCN2C(=O)c3ccccc3C2=O)s1. The van der Waals surface area contributed by atoms with Crippen molar-refractivity contribution < 1.29 is 23.6 Å². The molecule has 0 spiro atoms. The third-order valence-corrected chi connectivity index (χ3v) is 5.98. The van der Waals surface area contributed by atoms with Gasteiger partial charge >= 0.3 is 0 Å². The third-order valence-electron chi connectivity index (χ3n) is 5.01. The molecule has 1 N–H and O–H groups in total. The lowest BCUT2D eigenvalue weighted by molar-refractivity contribution is -0.116.